The van der Waals surface area contributed by atoms with Crippen LogP contribution in [0, 0.1) is 0 Å². The standard InChI is InChI=1S/C19H42NO2/c1-4-5-6-7-8-9-10-11-12-13-14-15-16-20(2,3)17-19(22)18-21/h19,21-22H,4-18H2,1-3H3/q+1. The predicted octanol–water partition coefficient (Wildman–Crippen LogP) is 4.12. The van der Waals surface area contributed by atoms with E-state index < -0.39 is 6.10 Å². The molecule has 0 aromatic heterocycles. The fourth-order valence-corrected chi connectivity index (χ4v) is 3.10. The average Bonchev–Trinajstić information content (AvgIpc) is 2.47. The summed E-state index contributed by atoms with van der Waals surface area (Å²) in [7, 11) is 4.27. The molecule has 0 radical (unpaired) electrons. The zero-order valence-electron chi connectivity index (χ0n) is 15.5. The molecule has 0 aromatic rings. The van der Waals surface area contributed by atoms with Crippen LogP contribution in [-0.2, 0) is 0 Å². The minimum absolute atomic E-state index is 0.125. The first-order valence-electron chi connectivity index (χ1n) is 9.62. The second-order valence-corrected chi connectivity index (χ2v) is 7.57. The average molecular weight is 317 g/mol. The molecule has 1 atom stereocenters. The van der Waals surface area contributed by atoms with Gasteiger partial charge in [0.2, 0.25) is 0 Å². The van der Waals surface area contributed by atoms with Crippen molar-refractivity contribution in [2.45, 2.75) is 90.1 Å². The minimum atomic E-state index is -0.577. The van der Waals surface area contributed by atoms with Crippen LogP contribution in [0.1, 0.15) is 84.0 Å². The number of hydrogen-bond donors (Lipinski definition) is 2. The van der Waals surface area contributed by atoms with Crippen molar-refractivity contribution in [3.8, 4) is 0 Å². The molecule has 0 saturated heterocycles. The summed E-state index contributed by atoms with van der Waals surface area (Å²) in [4.78, 5) is 0. The van der Waals surface area contributed by atoms with Crippen LogP contribution in [-0.4, -0.2) is 54.6 Å². The lowest BCUT2D eigenvalue weighted by Crippen LogP contribution is -2.46. The number of rotatable bonds is 16. The monoisotopic (exact) mass is 316 g/mol. The SMILES string of the molecule is CCCCCCCCCCCCCC[N+](C)(C)CC(O)CO. The van der Waals surface area contributed by atoms with Gasteiger partial charge in [-0.25, -0.2) is 0 Å². The van der Waals surface area contributed by atoms with Gasteiger partial charge in [0.05, 0.1) is 27.2 Å². The zero-order valence-corrected chi connectivity index (χ0v) is 15.5. The van der Waals surface area contributed by atoms with Gasteiger partial charge in [0, 0.05) is 0 Å². The summed E-state index contributed by atoms with van der Waals surface area (Å²) in [6, 6.07) is 0. The van der Waals surface area contributed by atoms with E-state index >= 15 is 0 Å². The van der Waals surface area contributed by atoms with Crippen LogP contribution in [0.25, 0.3) is 0 Å². The minimum Gasteiger partial charge on any atom is -0.393 e. The van der Waals surface area contributed by atoms with Crippen LogP contribution in [0.3, 0.4) is 0 Å². The number of unbranched alkanes of at least 4 members (excludes halogenated alkanes) is 11. The van der Waals surface area contributed by atoms with Gasteiger partial charge in [-0.05, 0) is 12.8 Å². The summed E-state index contributed by atoms with van der Waals surface area (Å²) in [5.74, 6) is 0. The van der Waals surface area contributed by atoms with E-state index in [0.29, 0.717) is 6.54 Å². The second-order valence-electron chi connectivity index (χ2n) is 7.57. The van der Waals surface area contributed by atoms with Crippen LogP contribution in [0.15, 0.2) is 0 Å². The first-order chi connectivity index (χ1) is 10.5. The summed E-state index contributed by atoms with van der Waals surface area (Å²) in [6.07, 6.45) is 15.9. The van der Waals surface area contributed by atoms with E-state index in [2.05, 4.69) is 21.0 Å². The summed E-state index contributed by atoms with van der Waals surface area (Å²) < 4.78 is 0.805. The molecule has 3 nitrogen and oxygen atoms in total. The van der Waals surface area contributed by atoms with Crippen molar-refractivity contribution in [2.24, 2.45) is 0 Å². The molecule has 1 unspecified atom stereocenters. The molecule has 134 valence electrons. The van der Waals surface area contributed by atoms with Crippen molar-refractivity contribution < 1.29 is 14.7 Å². The zero-order chi connectivity index (χ0) is 16.7. The van der Waals surface area contributed by atoms with E-state index in [1.165, 1.54) is 77.0 Å². The number of aliphatic hydroxyl groups is 2. The van der Waals surface area contributed by atoms with Crippen LogP contribution in [0.4, 0.5) is 0 Å². The highest BCUT2D eigenvalue weighted by Crippen LogP contribution is 2.12. The first kappa shape index (κ1) is 21.9. The molecule has 0 heterocycles. The lowest BCUT2D eigenvalue weighted by atomic mass is 10.1. The third kappa shape index (κ3) is 14.8. The van der Waals surface area contributed by atoms with Gasteiger partial charge in [-0.1, -0.05) is 71.1 Å². The third-order valence-corrected chi connectivity index (χ3v) is 4.53. The smallest absolute Gasteiger partial charge is 0.126 e. The van der Waals surface area contributed by atoms with Crippen LogP contribution in [0.5, 0.6) is 0 Å². The highest BCUT2D eigenvalue weighted by Gasteiger charge is 2.19. The summed E-state index contributed by atoms with van der Waals surface area (Å²) in [5.41, 5.74) is 0. The van der Waals surface area contributed by atoms with Gasteiger partial charge < -0.3 is 14.7 Å². The van der Waals surface area contributed by atoms with Gasteiger partial charge in [0.25, 0.3) is 0 Å². The Morgan fingerprint density at radius 3 is 1.55 bits per heavy atom. The lowest BCUT2D eigenvalue weighted by Gasteiger charge is -2.31. The summed E-state index contributed by atoms with van der Waals surface area (Å²) in [5, 5.41) is 18.4. The van der Waals surface area contributed by atoms with E-state index in [1.807, 2.05) is 0 Å². The molecule has 0 aromatic carbocycles. The maximum absolute atomic E-state index is 9.52. The van der Waals surface area contributed by atoms with Crippen molar-refractivity contribution in [1.29, 1.82) is 0 Å². The Kier molecular flexibility index (Phi) is 14.4. The van der Waals surface area contributed by atoms with Gasteiger partial charge in [0.1, 0.15) is 12.6 Å². The van der Waals surface area contributed by atoms with Gasteiger partial charge in [-0.3, -0.25) is 0 Å². The summed E-state index contributed by atoms with van der Waals surface area (Å²) in [6.45, 7) is 3.89. The van der Waals surface area contributed by atoms with Crippen molar-refractivity contribution in [3.05, 3.63) is 0 Å². The molecule has 22 heavy (non-hydrogen) atoms. The highest BCUT2D eigenvalue weighted by atomic mass is 16.3. The fourth-order valence-electron chi connectivity index (χ4n) is 3.10. The molecule has 3 heteroatoms. The largest absolute Gasteiger partial charge is 0.393 e. The molecule has 0 fully saturated rings. The summed E-state index contributed by atoms with van der Waals surface area (Å²) >= 11 is 0. The number of aliphatic hydroxyl groups excluding tert-OH is 2. The molecule has 2 N–H and O–H groups in total. The van der Waals surface area contributed by atoms with Crippen molar-refractivity contribution in [3.63, 3.8) is 0 Å². The maximum Gasteiger partial charge on any atom is 0.126 e. The Bertz CT molecular complexity index is 231. The van der Waals surface area contributed by atoms with E-state index in [-0.39, 0.29) is 6.61 Å². The molecule has 0 aliphatic rings. The van der Waals surface area contributed by atoms with Crippen molar-refractivity contribution in [1.82, 2.24) is 0 Å². The van der Waals surface area contributed by atoms with Gasteiger partial charge in [0.15, 0.2) is 0 Å². The number of quaternary nitrogens is 1. The van der Waals surface area contributed by atoms with Crippen molar-refractivity contribution in [2.75, 3.05) is 33.8 Å². The van der Waals surface area contributed by atoms with Gasteiger partial charge in [-0.2, -0.15) is 0 Å². The third-order valence-electron chi connectivity index (χ3n) is 4.53. The Balaban J connectivity index is 3.29. The number of nitrogens with zero attached hydrogens (tertiary/aromatic N) is 1. The molecule has 0 bridgehead atoms. The van der Waals surface area contributed by atoms with Gasteiger partial charge in [-0.15, -0.1) is 0 Å². The Morgan fingerprint density at radius 2 is 1.14 bits per heavy atom. The lowest BCUT2D eigenvalue weighted by molar-refractivity contribution is -0.893. The molecule has 0 saturated carbocycles. The number of likely N-dealkylation sites (N-methyl/N-ethyl adjacent to an activating group) is 1. The predicted molar refractivity (Wildman–Crippen MR) is 96.0 cm³/mol. The topological polar surface area (TPSA) is 40.5 Å². The maximum atomic E-state index is 9.52. The molecular formula is C19H42NO2+. The second kappa shape index (κ2) is 14.5. The first-order valence-corrected chi connectivity index (χ1v) is 9.62. The highest BCUT2D eigenvalue weighted by molar-refractivity contribution is 4.52. The number of hydrogen-bond acceptors (Lipinski definition) is 2. The van der Waals surface area contributed by atoms with E-state index in [9.17, 15) is 5.11 Å². The van der Waals surface area contributed by atoms with Crippen LogP contribution >= 0.6 is 0 Å². The Morgan fingerprint density at radius 1 is 0.727 bits per heavy atom. The molecular weight excluding hydrogens is 274 g/mol. The van der Waals surface area contributed by atoms with Gasteiger partial charge >= 0.3 is 0 Å². The van der Waals surface area contributed by atoms with Crippen LogP contribution in [0.2, 0.25) is 0 Å². The fraction of sp³-hybridized carbons (Fsp3) is 1.00. The van der Waals surface area contributed by atoms with E-state index in [4.69, 9.17) is 5.11 Å². The Labute approximate surface area is 139 Å². The molecule has 0 spiro atoms. The molecule has 0 amide bonds. The van der Waals surface area contributed by atoms with Crippen molar-refractivity contribution >= 4 is 0 Å². The Hall–Kier alpha value is -0.120. The van der Waals surface area contributed by atoms with Crippen LogP contribution < -0.4 is 0 Å². The normalized spacial score (nSPS) is 13.5. The quantitative estimate of drug-likeness (QED) is 0.332. The molecule has 0 aliphatic heterocycles. The molecule has 0 rings (SSSR count). The van der Waals surface area contributed by atoms with E-state index in [0.717, 1.165) is 11.0 Å². The molecule has 0 aliphatic carbocycles. The van der Waals surface area contributed by atoms with E-state index in [1.54, 1.807) is 0 Å².